The number of carboxylic acid groups (broad SMARTS) is 1. The molecule has 9 nitrogen and oxygen atoms in total. The Kier molecular flexibility index (Phi) is 9.13. The van der Waals surface area contributed by atoms with E-state index in [1.54, 1.807) is 54.6 Å². The number of ether oxygens (including phenoxy) is 2. The molecule has 2 aromatic carbocycles. The van der Waals surface area contributed by atoms with Crippen LogP contribution in [-0.2, 0) is 36.9 Å². The Labute approximate surface area is 218 Å². The van der Waals surface area contributed by atoms with Gasteiger partial charge in [-0.25, -0.2) is 9.59 Å². The molecule has 1 aliphatic carbocycles. The zero-order valence-electron chi connectivity index (χ0n) is 22.1. The lowest BCUT2D eigenvalue weighted by molar-refractivity contribution is -0.160. The zero-order valence-corrected chi connectivity index (χ0v) is 21.1. The van der Waals surface area contributed by atoms with Crippen molar-refractivity contribution in [1.29, 1.82) is 1.43 Å². The number of alkyl carbamates (subject to hydrolysis) is 1. The number of carbonyl (C=O) groups excluding carboxylic acids is 3. The van der Waals surface area contributed by atoms with Crippen LogP contribution in [0.4, 0.5) is 4.79 Å². The molecule has 0 spiro atoms. The van der Waals surface area contributed by atoms with E-state index in [2.05, 4.69) is 15.7 Å². The van der Waals surface area contributed by atoms with E-state index < -0.39 is 47.5 Å². The third-order valence-corrected chi connectivity index (χ3v) is 6.49. The van der Waals surface area contributed by atoms with Crippen molar-refractivity contribution in [1.82, 2.24) is 10.6 Å². The zero-order chi connectivity index (χ0) is 27.5. The number of esters is 1. The average molecular weight is 512 g/mol. The largest absolute Gasteiger partial charge is 0.481 e. The molecule has 0 aromatic heterocycles. The Hall–Kier alpha value is -3.88. The van der Waals surface area contributed by atoms with Crippen LogP contribution in [0.3, 0.4) is 0 Å². The molecule has 1 unspecified atom stereocenters. The smallest absolute Gasteiger partial charge is 0.408 e. The highest BCUT2D eigenvalue weighted by Gasteiger charge is 2.38. The van der Waals surface area contributed by atoms with Gasteiger partial charge in [0.05, 0.1) is 5.92 Å². The Morgan fingerprint density at radius 2 is 1.57 bits per heavy atom. The van der Waals surface area contributed by atoms with E-state index in [1.807, 2.05) is 13.0 Å². The van der Waals surface area contributed by atoms with Gasteiger partial charge in [0.1, 0.15) is 24.3 Å². The molecular weight excluding hydrogens is 476 g/mol. The fraction of sp³-hybridized carbons (Fsp3) is 0.429. The van der Waals surface area contributed by atoms with Crippen LogP contribution < -0.4 is 10.6 Å². The van der Waals surface area contributed by atoms with Crippen LogP contribution in [0.1, 0.15) is 50.7 Å². The lowest BCUT2D eigenvalue weighted by Gasteiger charge is -2.28. The molecule has 1 saturated carbocycles. The number of carboxylic acids is 1. The number of hydrogen-bond donors (Lipinski definition) is 3. The molecule has 3 rings (SSSR count). The predicted octanol–water partition coefficient (Wildman–Crippen LogP) is 3.61. The number of amides is 2. The quantitative estimate of drug-likeness (QED) is 0.393. The monoisotopic (exact) mass is 511 g/mol. The van der Waals surface area contributed by atoms with Gasteiger partial charge in [0, 0.05) is 0 Å². The maximum atomic E-state index is 13.4. The van der Waals surface area contributed by atoms with Gasteiger partial charge in [-0.1, -0.05) is 60.7 Å². The molecule has 0 bridgehead atoms. The van der Waals surface area contributed by atoms with Gasteiger partial charge in [-0.05, 0) is 57.1 Å². The van der Waals surface area contributed by atoms with Gasteiger partial charge in [-0.2, -0.15) is 0 Å². The number of hydrogen-bond acceptors (Lipinski definition) is 7. The molecule has 0 saturated heterocycles. The van der Waals surface area contributed by atoms with Crippen molar-refractivity contribution in [2.24, 2.45) is 5.92 Å². The highest BCUT2D eigenvalue weighted by atomic mass is 16.6. The minimum Gasteiger partial charge on any atom is -0.481 e. The molecule has 2 amide bonds. The summed E-state index contributed by atoms with van der Waals surface area (Å²) < 4.78 is 18.1. The van der Waals surface area contributed by atoms with Crippen molar-refractivity contribution in [3.63, 3.8) is 0 Å². The number of nitrogens with one attached hydrogen (secondary N) is 2. The summed E-state index contributed by atoms with van der Waals surface area (Å²) in [6.45, 7) is 3.27. The third-order valence-electron chi connectivity index (χ3n) is 6.49. The van der Waals surface area contributed by atoms with Gasteiger partial charge < -0.3 is 25.2 Å². The standard InChI is InChI=1S/C28H34N2O7/c1-19(26(34)37-28(2)15-9-10-16-28)29-24(31)23(22(25(32)33)17-20-11-5-3-6-12-20)30-27(35)36-18-21-13-7-4-8-14-21/h3-8,11-14,19,22-23H,9-10,15-18H2,1-2H3,(H,29,31)(H,30,35)(H,32,33)/t19-,22?,23-/m0/s1/i/hD. The van der Waals surface area contributed by atoms with Crippen molar-refractivity contribution in [2.75, 3.05) is 0 Å². The second-order valence-electron chi connectivity index (χ2n) is 9.61. The third kappa shape index (κ3) is 8.34. The SMILES string of the molecule is [2H]OC(=O)C(Cc1ccccc1)[C@H](NC(=O)OCc1ccccc1)C(=O)N[C@@H](C)C(=O)OC1(C)CCCC1. The Bertz CT molecular complexity index is 1090. The molecule has 198 valence electrons. The Balaban J connectivity index is 1.76. The van der Waals surface area contributed by atoms with Crippen LogP contribution in [0.15, 0.2) is 60.7 Å². The van der Waals surface area contributed by atoms with E-state index in [0.717, 1.165) is 31.2 Å². The molecule has 0 heterocycles. The molecule has 3 atom stereocenters. The number of rotatable bonds is 11. The summed E-state index contributed by atoms with van der Waals surface area (Å²) in [6.07, 6.45) is 2.44. The maximum absolute atomic E-state index is 13.4. The molecule has 2 aromatic rings. The van der Waals surface area contributed by atoms with Crippen molar-refractivity contribution in [3.8, 4) is 0 Å². The summed E-state index contributed by atoms with van der Waals surface area (Å²) in [4.78, 5) is 51.4. The summed E-state index contributed by atoms with van der Waals surface area (Å²) in [5.74, 6) is -3.72. The second kappa shape index (κ2) is 12.9. The highest BCUT2D eigenvalue weighted by molar-refractivity contribution is 5.93. The van der Waals surface area contributed by atoms with E-state index in [1.165, 1.54) is 6.92 Å². The molecule has 37 heavy (non-hydrogen) atoms. The van der Waals surface area contributed by atoms with Crippen molar-refractivity contribution < 1.29 is 33.8 Å². The summed E-state index contributed by atoms with van der Waals surface area (Å²) in [6, 6.07) is 15.2. The molecule has 9 heteroatoms. The van der Waals surface area contributed by atoms with Crippen molar-refractivity contribution in [3.05, 3.63) is 71.8 Å². The van der Waals surface area contributed by atoms with Crippen LogP contribution in [0, 0.1) is 5.92 Å². The first kappa shape index (κ1) is 26.2. The van der Waals surface area contributed by atoms with Gasteiger partial charge in [-0.15, -0.1) is 0 Å². The molecule has 1 fully saturated rings. The van der Waals surface area contributed by atoms with E-state index in [4.69, 9.17) is 10.9 Å². The first-order valence-corrected chi connectivity index (χ1v) is 12.4. The number of aliphatic carboxylic acids is 1. The van der Waals surface area contributed by atoms with Crippen molar-refractivity contribution in [2.45, 2.75) is 70.2 Å². The average Bonchev–Trinajstić information content (AvgIpc) is 3.35. The van der Waals surface area contributed by atoms with Crippen LogP contribution >= 0.6 is 0 Å². The fourth-order valence-electron chi connectivity index (χ4n) is 4.36. The lowest BCUT2D eigenvalue weighted by Crippen LogP contribution is -2.56. The van der Waals surface area contributed by atoms with Crippen LogP contribution in [0.5, 0.6) is 0 Å². The van der Waals surface area contributed by atoms with Gasteiger partial charge >= 0.3 is 18.0 Å². The van der Waals surface area contributed by atoms with E-state index >= 15 is 0 Å². The summed E-state index contributed by atoms with van der Waals surface area (Å²) >= 11 is 0. The van der Waals surface area contributed by atoms with Gasteiger partial charge in [0.25, 0.3) is 1.43 Å². The fourth-order valence-corrected chi connectivity index (χ4v) is 4.36. The predicted molar refractivity (Wildman–Crippen MR) is 135 cm³/mol. The molecule has 1 aliphatic rings. The summed E-state index contributed by atoms with van der Waals surface area (Å²) in [7, 11) is 0. The van der Waals surface area contributed by atoms with Gasteiger partial charge in [0.15, 0.2) is 0 Å². The lowest BCUT2D eigenvalue weighted by atomic mass is 9.91. The van der Waals surface area contributed by atoms with Crippen molar-refractivity contribution >= 4 is 23.9 Å². The highest BCUT2D eigenvalue weighted by Crippen LogP contribution is 2.32. The topological polar surface area (TPSA) is 131 Å². The molecule has 3 N–H and O–H groups in total. The number of benzene rings is 2. The second-order valence-corrected chi connectivity index (χ2v) is 9.61. The molecule has 0 aliphatic heterocycles. The van der Waals surface area contributed by atoms with E-state index in [0.29, 0.717) is 5.56 Å². The molecule has 0 radical (unpaired) electrons. The summed E-state index contributed by atoms with van der Waals surface area (Å²) in [5, 5.41) is 9.21. The minimum absolute atomic E-state index is 0.00744. The Morgan fingerprint density at radius 3 is 2.16 bits per heavy atom. The molecular formula is C28H34N2O7. The Morgan fingerprint density at radius 1 is 0.973 bits per heavy atom. The summed E-state index contributed by atoms with van der Waals surface area (Å²) in [5.41, 5.74) is 0.827. The number of carbonyl (C=O) groups is 4. The van der Waals surface area contributed by atoms with Gasteiger partial charge in [-0.3, -0.25) is 9.59 Å². The van der Waals surface area contributed by atoms with Crippen LogP contribution in [-0.4, -0.2) is 46.7 Å². The van der Waals surface area contributed by atoms with Crippen LogP contribution in [0.2, 0.25) is 0 Å². The first-order chi connectivity index (χ1) is 18.2. The van der Waals surface area contributed by atoms with E-state index in [9.17, 15) is 19.2 Å². The van der Waals surface area contributed by atoms with Gasteiger partial charge in [0.2, 0.25) is 5.91 Å². The first-order valence-electron chi connectivity index (χ1n) is 12.8. The van der Waals surface area contributed by atoms with E-state index in [-0.39, 0.29) is 13.0 Å². The normalized spacial score (nSPS) is 16.9. The van der Waals surface area contributed by atoms with Crippen LogP contribution in [0.25, 0.3) is 1.43 Å². The minimum atomic E-state index is -1.49. The maximum Gasteiger partial charge on any atom is 0.408 e.